The minimum atomic E-state index is 0.319. The summed E-state index contributed by atoms with van der Waals surface area (Å²) in [4.78, 5) is 12.7. The van der Waals surface area contributed by atoms with Gasteiger partial charge in [0, 0.05) is 19.7 Å². The molecule has 1 aromatic heterocycles. The predicted molar refractivity (Wildman–Crippen MR) is 81.9 cm³/mol. The molecule has 118 valence electrons. The summed E-state index contributed by atoms with van der Waals surface area (Å²) in [6.45, 7) is 4.58. The molecule has 2 rings (SSSR count). The molecule has 1 atom stereocenters. The maximum absolute atomic E-state index is 5.71. The van der Waals surface area contributed by atoms with Crippen molar-refractivity contribution >= 4 is 11.9 Å². The fraction of sp³-hybridized carbons (Fsp3) is 0.786. The first kappa shape index (κ1) is 15.8. The van der Waals surface area contributed by atoms with E-state index in [9.17, 15) is 0 Å². The highest BCUT2D eigenvalue weighted by Crippen LogP contribution is 2.16. The van der Waals surface area contributed by atoms with E-state index in [1.807, 2.05) is 0 Å². The van der Waals surface area contributed by atoms with Crippen molar-refractivity contribution in [2.45, 2.75) is 45.1 Å². The van der Waals surface area contributed by atoms with Gasteiger partial charge in [-0.25, -0.2) is 0 Å². The van der Waals surface area contributed by atoms with Gasteiger partial charge in [0.15, 0.2) is 0 Å². The zero-order valence-corrected chi connectivity index (χ0v) is 12.9. The zero-order chi connectivity index (χ0) is 14.9. The Hall–Kier alpha value is -1.63. The molecule has 2 N–H and O–H groups in total. The van der Waals surface area contributed by atoms with Crippen molar-refractivity contribution in [3.05, 3.63) is 0 Å². The van der Waals surface area contributed by atoms with Crippen LogP contribution in [0.4, 0.5) is 11.9 Å². The Morgan fingerprint density at radius 2 is 1.90 bits per heavy atom. The molecule has 0 radical (unpaired) electrons. The van der Waals surface area contributed by atoms with Gasteiger partial charge in [0.2, 0.25) is 11.9 Å². The lowest BCUT2D eigenvalue weighted by Crippen LogP contribution is -2.22. The number of anilines is 2. The second kappa shape index (κ2) is 8.61. The van der Waals surface area contributed by atoms with Crippen molar-refractivity contribution < 1.29 is 9.47 Å². The lowest BCUT2D eigenvalue weighted by molar-refractivity contribution is 0.0134. The summed E-state index contributed by atoms with van der Waals surface area (Å²) in [6.07, 6.45) is 5.91. The van der Waals surface area contributed by atoms with E-state index < -0.39 is 0 Å². The molecule has 0 amide bonds. The van der Waals surface area contributed by atoms with Gasteiger partial charge in [0.1, 0.15) is 0 Å². The fourth-order valence-corrected chi connectivity index (χ4v) is 2.22. The van der Waals surface area contributed by atoms with Crippen LogP contribution in [0.1, 0.15) is 39.0 Å². The minimum absolute atomic E-state index is 0.319. The SMILES string of the molecule is CCCNc1nc(NCCC2CCCCO2)nc(OC)n1. The van der Waals surface area contributed by atoms with Crippen molar-refractivity contribution in [3.8, 4) is 6.01 Å². The third-order valence-corrected chi connectivity index (χ3v) is 3.35. The molecule has 0 aliphatic carbocycles. The van der Waals surface area contributed by atoms with E-state index in [2.05, 4.69) is 32.5 Å². The van der Waals surface area contributed by atoms with E-state index >= 15 is 0 Å². The monoisotopic (exact) mass is 295 g/mol. The molecule has 7 nitrogen and oxygen atoms in total. The van der Waals surface area contributed by atoms with Crippen LogP contribution in [0.2, 0.25) is 0 Å². The van der Waals surface area contributed by atoms with E-state index in [0.29, 0.717) is 24.0 Å². The number of hydrogen-bond donors (Lipinski definition) is 2. The summed E-state index contributed by atoms with van der Waals surface area (Å²) < 4.78 is 10.8. The Balaban J connectivity index is 1.85. The smallest absolute Gasteiger partial charge is 0.322 e. The molecule has 0 aromatic carbocycles. The Bertz CT molecular complexity index is 424. The van der Waals surface area contributed by atoms with Crippen molar-refractivity contribution in [1.29, 1.82) is 0 Å². The topological polar surface area (TPSA) is 81.2 Å². The lowest BCUT2D eigenvalue weighted by Gasteiger charge is -2.22. The first-order valence-corrected chi connectivity index (χ1v) is 7.71. The predicted octanol–water partition coefficient (Wildman–Crippen LogP) is 2.07. The number of hydrogen-bond acceptors (Lipinski definition) is 7. The number of aromatic nitrogens is 3. The third-order valence-electron chi connectivity index (χ3n) is 3.35. The second-order valence-corrected chi connectivity index (χ2v) is 5.10. The van der Waals surface area contributed by atoms with Crippen molar-refractivity contribution in [3.63, 3.8) is 0 Å². The van der Waals surface area contributed by atoms with Crippen molar-refractivity contribution in [2.75, 3.05) is 37.4 Å². The van der Waals surface area contributed by atoms with Crippen LogP contribution in [0, 0.1) is 0 Å². The van der Waals surface area contributed by atoms with E-state index in [1.54, 1.807) is 7.11 Å². The van der Waals surface area contributed by atoms with Gasteiger partial charge in [0.25, 0.3) is 0 Å². The van der Waals surface area contributed by atoms with Crippen molar-refractivity contribution in [1.82, 2.24) is 15.0 Å². The van der Waals surface area contributed by atoms with Gasteiger partial charge in [-0.3, -0.25) is 0 Å². The highest BCUT2D eigenvalue weighted by atomic mass is 16.5. The van der Waals surface area contributed by atoms with E-state index in [4.69, 9.17) is 9.47 Å². The summed E-state index contributed by atoms with van der Waals surface area (Å²) in [5.41, 5.74) is 0. The van der Waals surface area contributed by atoms with E-state index in [1.165, 1.54) is 12.8 Å². The Kier molecular flexibility index (Phi) is 6.46. The van der Waals surface area contributed by atoms with Gasteiger partial charge in [-0.2, -0.15) is 15.0 Å². The Labute approximate surface area is 125 Å². The minimum Gasteiger partial charge on any atom is -0.467 e. The summed E-state index contributed by atoms with van der Waals surface area (Å²) in [7, 11) is 1.55. The van der Waals surface area contributed by atoms with Crippen LogP contribution < -0.4 is 15.4 Å². The van der Waals surface area contributed by atoms with E-state index in [0.717, 1.165) is 39.0 Å². The molecule has 0 spiro atoms. The molecular formula is C14H25N5O2. The summed E-state index contributed by atoms with van der Waals surface area (Å²) in [5, 5.41) is 6.36. The van der Waals surface area contributed by atoms with Gasteiger partial charge < -0.3 is 20.1 Å². The molecule has 0 bridgehead atoms. The summed E-state index contributed by atoms with van der Waals surface area (Å²) in [5.74, 6) is 1.08. The van der Waals surface area contributed by atoms with Crippen LogP contribution >= 0.6 is 0 Å². The Morgan fingerprint density at radius 1 is 1.14 bits per heavy atom. The zero-order valence-electron chi connectivity index (χ0n) is 12.9. The van der Waals surface area contributed by atoms with E-state index in [-0.39, 0.29) is 0 Å². The van der Waals surface area contributed by atoms with Crippen LogP contribution in [-0.4, -0.2) is 47.9 Å². The van der Waals surface area contributed by atoms with Gasteiger partial charge in [0.05, 0.1) is 13.2 Å². The molecule has 1 saturated heterocycles. The number of nitrogens with one attached hydrogen (secondary N) is 2. The van der Waals surface area contributed by atoms with Crippen LogP contribution in [0.25, 0.3) is 0 Å². The van der Waals surface area contributed by atoms with Gasteiger partial charge in [-0.1, -0.05) is 6.92 Å². The number of nitrogens with zero attached hydrogens (tertiary/aromatic N) is 3. The average Bonchev–Trinajstić information content (AvgIpc) is 2.53. The molecule has 2 heterocycles. The fourth-order valence-electron chi connectivity index (χ4n) is 2.22. The first-order valence-electron chi connectivity index (χ1n) is 7.71. The average molecular weight is 295 g/mol. The molecule has 1 unspecified atom stereocenters. The van der Waals surface area contributed by atoms with Crippen LogP contribution in [0.15, 0.2) is 0 Å². The molecule has 0 saturated carbocycles. The van der Waals surface area contributed by atoms with Gasteiger partial charge in [-0.15, -0.1) is 0 Å². The largest absolute Gasteiger partial charge is 0.467 e. The number of rotatable bonds is 8. The van der Waals surface area contributed by atoms with Crippen LogP contribution in [0.3, 0.4) is 0 Å². The molecule has 21 heavy (non-hydrogen) atoms. The number of ether oxygens (including phenoxy) is 2. The molecular weight excluding hydrogens is 270 g/mol. The quantitative estimate of drug-likeness (QED) is 0.759. The second-order valence-electron chi connectivity index (χ2n) is 5.10. The third kappa shape index (κ3) is 5.34. The summed E-state index contributed by atoms with van der Waals surface area (Å²) in [6, 6.07) is 0.319. The summed E-state index contributed by atoms with van der Waals surface area (Å²) >= 11 is 0. The normalized spacial score (nSPS) is 18.3. The van der Waals surface area contributed by atoms with Crippen LogP contribution in [-0.2, 0) is 4.74 Å². The maximum Gasteiger partial charge on any atom is 0.322 e. The standard InChI is InChI=1S/C14H25N5O2/c1-3-8-15-12-17-13(19-14(18-12)20-2)16-9-7-11-6-4-5-10-21-11/h11H,3-10H2,1-2H3,(H2,15,16,17,18,19). The maximum atomic E-state index is 5.71. The Morgan fingerprint density at radius 3 is 2.52 bits per heavy atom. The lowest BCUT2D eigenvalue weighted by atomic mass is 10.1. The number of methoxy groups -OCH3 is 1. The van der Waals surface area contributed by atoms with Crippen molar-refractivity contribution in [2.24, 2.45) is 0 Å². The molecule has 1 fully saturated rings. The first-order chi connectivity index (χ1) is 10.3. The molecule has 1 aliphatic rings. The molecule has 1 aliphatic heterocycles. The molecule has 1 aromatic rings. The van der Waals surface area contributed by atoms with Gasteiger partial charge >= 0.3 is 6.01 Å². The van der Waals surface area contributed by atoms with Crippen LogP contribution in [0.5, 0.6) is 6.01 Å². The highest BCUT2D eigenvalue weighted by molar-refractivity contribution is 5.35. The molecule has 7 heteroatoms. The van der Waals surface area contributed by atoms with Gasteiger partial charge in [-0.05, 0) is 32.1 Å². The highest BCUT2D eigenvalue weighted by Gasteiger charge is 2.13.